The maximum atomic E-state index is 13.5. The molecule has 8 nitrogen and oxygen atoms in total. The van der Waals surface area contributed by atoms with Crippen molar-refractivity contribution in [1.29, 1.82) is 0 Å². The summed E-state index contributed by atoms with van der Waals surface area (Å²) >= 11 is 0. The minimum Gasteiger partial charge on any atom is -0.453 e. The van der Waals surface area contributed by atoms with Crippen LogP contribution in [-0.4, -0.2) is 76.7 Å². The minimum absolute atomic E-state index is 0.0262. The molecule has 43 heavy (non-hydrogen) atoms. The van der Waals surface area contributed by atoms with Crippen LogP contribution >= 0.6 is 0 Å². The Morgan fingerprint density at radius 2 is 1.44 bits per heavy atom. The zero-order valence-electron chi connectivity index (χ0n) is 25.0. The SMILES string of the molecule is CCC1CC(N(Cc2cc(C(F)(F)F)cc(C(F)(F)F)c2)C(=O)OC)CC(CC(=O)N2CCCC2)N1C(=O)OC(C)(C)C. The second kappa shape index (κ2) is 13.2. The average molecular weight is 624 g/mol. The molecule has 0 radical (unpaired) electrons. The van der Waals surface area contributed by atoms with Crippen molar-refractivity contribution in [3.8, 4) is 0 Å². The van der Waals surface area contributed by atoms with Gasteiger partial charge < -0.3 is 24.2 Å². The van der Waals surface area contributed by atoms with E-state index in [0.29, 0.717) is 31.6 Å². The monoisotopic (exact) mass is 623 g/mol. The first-order valence-electron chi connectivity index (χ1n) is 14.3. The van der Waals surface area contributed by atoms with E-state index in [-0.39, 0.29) is 36.8 Å². The molecule has 0 aliphatic carbocycles. The first-order chi connectivity index (χ1) is 19.8. The lowest BCUT2D eigenvalue weighted by Crippen LogP contribution is -2.59. The Bertz CT molecular complexity index is 1130. The summed E-state index contributed by atoms with van der Waals surface area (Å²) < 4.78 is 91.7. The molecule has 2 heterocycles. The normalized spacial score (nSPS) is 21.5. The Balaban J connectivity index is 2.01. The number of methoxy groups -OCH3 is 1. The number of halogens is 6. The first kappa shape index (κ1) is 34.3. The zero-order chi connectivity index (χ0) is 32.3. The smallest absolute Gasteiger partial charge is 0.416 e. The lowest BCUT2D eigenvalue weighted by atomic mass is 9.87. The van der Waals surface area contributed by atoms with Crippen LogP contribution in [0.3, 0.4) is 0 Å². The number of hydrogen-bond donors (Lipinski definition) is 0. The Morgan fingerprint density at radius 3 is 1.91 bits per heavy atom. The molecule has 2 aliphatic heterocycles. The summed E-state index contributed by atoms with van der Waals surface area (Å²) in [6.07, 6.45) is -9.53. The predicted molar refractivity (Wildman–Crippen MR) is 144 cm³/mol. The fourth-order valence-electron chi connectivity index (χ4n) is 5.73. The number of amides is 3. The first-order valence-corrected chi connectivity index (χ1v) is 14.3. The molecular formula is C29H39F6N3O5. The van der Waals surface area contributed by atoms with Crippen LogP contribution in [0.25, 0.3) is 0 Å². The van der Waals surface area contributed by atoms with Crippen LogP contribution in [0.5, 0.6) is 0 Å². The summed E-state index contributed by atoms with van der Waals surface area (Å²) in [6.45, 7) is 7.44. The van der Waals surface area contributed by atoms with Crippen LogP contribution < -0.4 is 0 Å². The lowest BCUT2D eigenvalue weighted by Gasteiger charge is -2.47. The van der Waals surface area contributed by atoms with Crippen molar-refractivity contribution in [2.45, 2.75) is 109 Å². The van der Waals surface area contributed by atoms with Gasteiger partial charge in [-0.1, -0.05) is 6.92 Å². The summed E-state index contributed by atoms with van der Waals surface area (Å²) in [6, 6.07) is -0.871. The molecule has 0 saturated carbocycles. The van der Waals surface area contributed by atoms with Gasteiger partial charge in [0, 0.05) is 44.2 Å². The van der Waals surface area contributed by atoms with Gasteiger partial charge in [-0.25, -0.2) is 9.59 Å². The Hall–Kier alpha value is -3.19. The molecular weight excluding hydrogens is 584 g/mol. The number of ether oxygens (including phenoxy) is 2. The fourth-order valence-corrected chi connectivity index (χ4v) is 5.73. The topological polar surface area (TPSA) is 79.4 Å². The highest BCUT2D eigenvalue weighted by atomic mass is 19.4. The molecule has 2 fully saturated rings. The van der Waals surface area contributed by atoms with Crippen molar-refractivity contribution in [2.24, 2.45) is 0 Å². The second-order valence-electron chi connectivity index (χ2n) is 12.0. The van der Waals surface area contributed by atoms with Crippen LogP contribution in [0.15, 0.2) is 18.2 Å². The van der Waals surface area contributed by atoms with E-state index in [4.69, 9.17) is 9.47 Å². The van der Waals surface area contributed by atoms with Crippen LogP contribution in [-0.2, 0) is 33.2 Å². The maximum absolute atomic E-state index is 13.5. The highest BCUT2D eigenvalue weighted by Gasteiger charge is 2.44. The summed E-state index contributed by atoms with van der Waals surface area (Å²) in [5.74, 6) is -0.191. The average Bonchev–Trinajstić information content (AvgIpc) is 3.44. The highest BCUT2D eigenvalue weighted by Crippen LogP contribution is 2.38. The largest absolute Gasteiger partial charge is 0.453 e. The van der Waals surface area contributed by atoms with Crippen molar-refractivity contribution in [2.75, 3.05) is 20.2 Å². The van der Waals surface area contributed by atoms with E-state index >= 15 is 0 Å². The number of rotatable bonds is 6. The molecule has 1 aromatic rings. The number of nitrogens with zero attached hydrogens (tertiary/aromatic N) is 3. The van der Waals surface area contributed by atoms with Gasteiger partial charge in [0.05, 0.1) is 18.2 Å². The van der Waals surface area contributed by atoms with E-state index in [1.165, 1.54) is 4.90 Å². The highest BCUT2D eigenvalue weighted by molar-refractivity contribution is 5.78. The van der Waals surface area contributed by atoms with Gasteiger partial charge in [0.15, 0.2) is 0 Å². The Labute approximate surface area is 247 Å². The van der Waals surface area contributed by atoms with E-state index < -0.39 is 65.9 Å². The quantitative estimate of drug-likeness (QED) is 0.324. The molecule has 3 amide bonds. The summed E-state index contributed by atoms with van der Waals surface area (Å²) in [5, 5.41) is 0. The van der Waals surface area contributed by atoms with Crippen LogP contribution in [0, 0.1) is 0 Å². The Morgan fingerprint density at radius 1 is 0.907 bits per heavy atom. The number of carbonyl (C=O) groups is 3. The predicted octanol–water partition coefficient (Wildman–Crippen LogP) is 6.85. The van der Waals surface area contributed by atoms with Crippen molar-refractivity contribution < 1.29 is 50.2 Å². The number of benzene rings is 1. The van der Waals surface area contributed by atoms with E-state index in [0.717, 1.165) is 24.9 Å². The number of likely N-dealkylation sites (tertiary alicyclic amines) is 2. The van der Waals surface area contributed by atoms with Crippen LogP contribution in [0.2, 0.25) is 0 Å². The third-order valence-electron chi connectivity index (χ3n) is 7.67. The molecule has 14 heteroatoms. The Kier molecular flexibility index (Phi) is 10.5. The van der Waals surface area contributed by atoms with Crippen molar-refractivity contribution in [1.82, 2.24) is 14.7 Å². The van der Waals surface area contributed by atoms with Gasteiger partial charge in [0.25, 0.3) is 0 Å². The molecule has 3 rings (SSSR count). The van der Waals surface area contributed by atoms with Crippen molar-refractivity contribution in [3.05, 3.63) is 34.9 Å². The van der Waals surface area contributed by atoms with Crippen LogP contribution in [0.1, 0.15) is 82.9 Å². The molecule has 3 unspecified atom stereocenters. The van der Waals surface area contributed by atoms with Gasteiger partial charge in [0.1, 0.15) is 5.60 Å². The van der Waals surface area contributed by atoms with Crippen molar-refractivity contribution in [3.63, 3.8) is 0 Å². The third kappa shape index (κ3) is 8.91. The van der Waals surface area contributed by atoms with Gasteiger partial charge in [-0.2, -0.15) is 26.3 Å². The van der Waals surface area contributed by atoms with E-state index in [1.54, 1.807) is 32.6 Å². The molecule has 2 aliphatic rings. The number of piperidine rings is 1. The molecule has 0 N–H and O–H groups in total. The number of hydrogen-bond acceptors (Lipinski definition) is 5. The standard InChI is InChI=1S/C29H39F6N3O5/c1-6-21-14-22(15-23(16-24(39)36-9-7-8-10-36)38(21)26(41)43-27(2,3)4)37(25(40)42-5)17-18-11-19(28(30,31)32)13-20(12-18)29(33,34)35/h11-13,21-23H,6-10,14-17H2,1-5H3. The second-order valence-corrected chi connectivity index (χ2v) is 12.0. The van der Waals surface area contributed by atoms with Gasteiger partial charge in [-0.05, 0) is 76.6 Å². The summed E-state index contributed by atoms with van der Waals surface area (Å²) in [7, 11) is 1.06. The lowest BCUT2D eigenvalue weighted by molar-refractivity contribution is -0.143. The summed E-state index contributed by atoms with van der Waals surface area (Å²) in [5.41, 5.74) is -4.22. The van der Waals surface area contributed by atoms with Crippen LogP contribution in [0.4, 0.5) is 35.9 Å². The number of alkyl halides is 6. The van der Waals surface area contributed by atoms with E-state index in [1.807, 2.05) is 0 Å². The molecule has 0 spiro atoms. The molecule has 0 aromatic heterocycles. The van der Waals surface area contributed by atoms with Crippen molar-refractivity contribution >= 4 is 18.1 Å². The molecule has 242 valence electrons. The molecule has 0 bridgehead atoms. The van der Waals surface area contributed by atoms with Gasteiger partial charge >= 0.3 is 24.5 Å². The fraction of sp³-hybridized carbons (Fsp3) is 0.690. The summed E-state index contributed by atoms with van der Waals surface area (Å²) in [4.78, 5) is 43.9. The third-order valence-corrected chi connectivity index (χ3v) is 7.67. The van der Waals surface area contributed by atoms with E-state index in [2.05, 4.69) is 0 Å². The zero-order valence-corrected chi connectivity index (χ0v) is 25.0. The van der Waals surface area contributed by atoms with E-state index in [9.17, 15) is 40.7 Å². The van der Waals surface area contributed by atoms with Gasteiger partial charge in [-0.3, -0.25) is 4.79 Å². The van der Waals surface area contributed by atoms with Gasteiger partial charge in [-0.15, -0.1) is 0 Å². The molecule has 1 aromatic carbocycles. The maximum Gasteiger partial charge on any atom is 0.416 e. The van der Waals surface area contributed by atoms with Gasteiger partial charge in [0.2, 0.25) is 5.91 Å². The molecule has 3 atom stereocenters. The minimum atomic E-state index is -5.06. The number of carbonyl (C=O) groups excluding carboxylic acids is 3. The molecule has 2 saturated heterocycles.